The molecule has 0 unspecified atom stereocenters. The standard InChI is InChI=1S/C18H22N2O/c1-3-7-17(8-4-1)15-20(19-11-13-21-14-12-19)16-18-9-5-2-6-10-18/h1-10H,11-16H2. The van der Waals surface area contributed by atoms with E-state index in [2.05, 4.69) is 70.7 Å². The summed E-state index contributed by atoms with van der Waals surface area (Å²) in [4.78, 5) is 0. The zero-order chi connectivity index (χ0) is 14.3. The van der Waals surface area contributed by atoms with Gasteiger partial charge in [-0.1, -0.05) is 60.7 Å². The van der Waals surface area contributed by atoms with Gasteiger partial charge in [0.1, 0.15) is 0 Å². The van der Waals surface area contributed by atoms with Crippen LogP contribution >= 0.6 is 0 Å². The molecule has 0 aromatic heterocycles. The smallest absolute Gasteiger partial charge is 0.0608 e. The largest absolute Gasteiger partial charge is 0.379 e. The Morgan fingerprint density at radius 1 is 0.762 bits per heavy atom. The molecule has 3 rings (SSSR count). The van der Waals surface area contributed by atoms with Crippen molar-refractivity contribution in [3.8, 4) is 0 Å². The molecule has 0 amide bonds. The highest BCUT2D eigenvalue weighted by molar-refractivity contribution is 5.16. The predicted octanol–water partition coefficient (Wildman–Crippen LogP) is 2.94. The first kappa shape index (κ1) is 14.3. The van der Waals surface area contributed by atoms with E-state index in [0.29, 0.717) is 0 Å². The monoisotopic (exact) mass is 282 g/mol. The van der Waals surface area contributed by atoms with Crippen LogP contribution in [0.3, 0.4) is 0 Å². The second-order valence-electron chi connectivity index (χ2n) is 5.36. The molecular formula is C18H22N2O. The normalized spacial score (nSPS) is 16.2. The second-order valence-corrected chi connectivity index (χ2v) is 5.36. The van der Waals surface area contributed by atoms with Crippen LogP contribution < -0.4 is 0 Å². The summed E-state index contributed by atoms with van der Waals surface area (Å²) in [6.07, 6.45) is 0. The van der Waals surface area contributed by atoms with E-state index in [-0.39, 0.29) is 0 Å². The molecule has 1 saturated heterocycles. The summed E-state index contributed by atoms with van der Waals surface area (Å²) in [5, 5.41) is 4.86. The van der Waals surface area contributed by atoms with Gasteiger partial charge in [0.05, 0.1) is 13.2 Å². The molecule has 0 saturated carbocycles. The average molecular weight is 282 g/mol. The van der Waals surface area contributed by atoms with Gasteiger partial charge in [-0.25, -0.2) is 10.0 Å². The van der Waals surface area contributed by atoms with E-state index in [4.69, 9.17) is 4.74 Å². The molecule has 1 heterocycles. The van der Waals surface area contributed by atoms with Crippen LogP contribution in [-0.4, -0.2) is 36.3 Å². The van der Waals surface area contributed by atoms with Gasteiger partial charge in [0.25, 0.3) is 0 Å². The maximum atomic E-state index is 5.48. The van der Waals surface area contributed by atoms with Crippen LogP contribution in [0.5, 0.6) is 0 Å². The van der Waals surface area contributed by atoms with Crippen LogP contribution in [0.25, 0.3) is 0 Å². The van der Waals surface area contributed by atoms with Gasteiger partial charge in [0.15, 0.2) is 0 Å². The molecule has 0 aliphatic carbocycles. The molecule has 0 N–H and O–H groups in total. The average Bonchev–Trinajstić information content (AvgIpc) is 2.57. The Kier molecular flexibility index (Phi) is 5.00. The van der Waals surface area contributed by atoms with Gasteiger partial charge in [-0.05, 0) is 11.1 Å². The molecule has 1 aliphatic heterocycles. The van der Waals surface area contributed by atoms with Gasteiger partial charge in [0.2, 0.25) is 0 Å². The first-order valence-corrected chi connectivity index (χ1v) is 7.57. The molecule has 2 aromatic rings. The quantitative estimate of drug-likeness (QED) is 0.838. The fraction of sp³-hybridized carbons (Fsp3) is 0.333. The van der Waals surface area contributed by atoms with Gasteiger partial charge in [0, 0.05) is 26.2 Å². The molecule has 0 radical (unpaired) electrons. The Morgan fingerprint density at radius 3 is 1.71 bits per heavy atom. The molecule has 2 aromatic carbocycles. The fourth-order valence-corrected chi connectivity index (χ4v) is 2.68. The van der Waals surface area contributed by atoms with Gasteiger partial charge < -0.3 is 4.74 Å². The molecule has 0 spiro atoms. The van der Waals surface area contributed by atoms with E-state index in [1.165, 1.54) is 11.1 Å². The van der Waals surface area contributed by atoms with Gasteiger partial charge in [-0.3, -0.25) is 0 Å². The second kappa shape index (κ2) is 7.36. The number of benzene rings is 2. The highest BCUT2D eigenvalue weighted by Crippen LogP contribution is 2.14. The van der Waals surface area contributed by atoms with Gasteiger partial charge >= 0.3 is 0 Å². The van der Waals surface area contributed by atoms with Crippen LogP contribution in [0.1, 0.15) is 11.1 Å². The van der Waals surface area contributed by atoms with Crippen molar-refractivity contribution in [3.05, 3.63) is 71.8 Å². The predicted molar refractivity (Wildman–Crippen MR) is 84.5 cm³/mol. The topological polar surface area (TPSA) is 15.7 Å². The van der Waals surface area contributed by atoms with Crippen molar-refractivity contribution in [3.63, 3.8) is 0 Å². The van der Waals surface area contributed by atoms with Gasteiger partial charge in [-0.15, -0.1) is 0 Å². The molecular weight excluding hydrogens is 260 g/mol. The van der Waals surface area contributed by atoms with E-state index in [1.807, 2.05) is 0 Å². The number of nitrogens with zero attached hydrogens (tertiary/aromatic N) is 2. The first-order valence-electron chi connectivity index (χ1n) is 7.57. The third kappa shape index (κ3) is 4.14. The van der Waals surface area contributed by atoms with E-state index < -0.39 is 0 Å². The van der Waals surface area contributed by atoms with E-state index in [1.54, 1.807) is 0 Å². The van der Waals surface area contributed by atoms with E-state index in [0.717, 1.165) is 39.4 Å². The maximum absolute atomic E-state index is 5.48. The SMILES string of the molecule is c1ccc(CN(Cc2ccccc2)N2CCOCC2)cc1. The number of ether oxygens (including phenoxy) is 1. The Hall–Kier alpha value is -1.68. The van der Waals surface area contributed by atoms with Crippen molar-refractivity contribution in [2.75, 3.05) is 26.3 Å². The number of hydrogen-bond acceptors (Lipinski definition) is 3. The molecule has 3 nitrogen and oxygen atoms in total. The summed E-state index contributed by atoms with van der Waals surface area (Å²) in [6, 6.07) is 21.3. The lowest BCUT2D eigenvalue weighted by Gasteiger charge is -2.37. The Morgan fingerprint density at radius 2 is 1.24 bits per heavy atom. The minimum Gasteiger partial charge on any atom is -0.379 e. The van der Waals surface area contributed by atoms with Crippen LogP contribution in [0, 0.1) is 0 Å². The number of rotatable bonds is 5. The van der Waals surface area contributed by atoms with E-state index >= 15 is 0 Å². The van der Waals surface area contributed by atoms with Gasteiger partial charge in [-0.2, -0.15) is 0 Å². The summed E-state index contributed by atoms with van der Waals surface area (Å²) < 4.78 is 5.48. The lowest BCUT2D eigenvalue weighted by molar-refractivity contribution is -0.101. The van der Waals surface area contributed by atoms with Crippen LogP contribution in [-0.2, 0) is 17.8 Å². The number of morpholine rings is 1. The van der Waals surface area contributed by atoms with Crippen molar-refractivity contribution in [1.82, 2.24) is 10.0 Å². The fourth-order valence-electron chi connectivity index (χ4n) is 2.68. The summed E-state index contributed by atoms with van der Waals surface area (Å²) in [6.45, 7) is 5.46. The maximum Gasteiger partial charge on any atom is 0.0608 e. The van der Waals surface area contributed by atoms with Crippen LogP contribution in [0.15, 0.2) is 60.7 Å². The Bertz CT molecular complexity index is 482. The highest BCUT2D eigenvalue weighted by atomic mass is 16.5. The van der Waals surface area contributed by atoms with Crippen molar-refractivity contribution in [2.45, 2.75) is 13.1 Å². The molecule has 110 valence electrons. The van der Waals surface area contributed by atoms with Crippen molar-refractivity contribution >= 4 is 0 Å². The third-order valence-corrected chi connectivity index (χ3v) is 3.80. The molecule has 1 aliphatic rings. The summed E-state index contributed by atoms with van der Waals surface area (Å²) in [5.74, 6) is 0. The molecule has 0 bridgehead atoms. The van der Waals surface area contributed by atoms with Crippen molar-refractivity contribution in [2.24, 2.45) is 0 Å². The Balaban J connectivity index is 1.73. The van der Waals surface area contributed by atoms with Crippen molar-refractivity contribution < 1.29 is 4.74 Å². The Labute approximate surface area is 126 Å². The summed E-state index contributed by atoms with van der Waals surface area (Å²) in [5.41, 5.74) is 2.69. The highest BCUT2D eigenvalue weighted by Gasteiger charge is 2.18. The molecule has 1 fully saturated rings. The third-order valence-electron chi connectivity index (χ3n) is 3.80. The van der Waals surface area contributed by atoms with Crippen LogP contribution in [0.4, 0.5) is 0 Å². The molecule has 0 atom stereocenters. The molecule has 21 heavy (non-hydrogen) atoms. The minimum atomic E-state index is 0.820. The minimum absolute atomic E-state index is 0.820. The molecule has 3 heteroatoms. The zero-order valence-electron chi connectivity index (χ0n) is 12.3. The number of hydrogen-bond donors (Lipinski definition) is 0. The lowest BCUT2D eigenvalue weighted by atomic mass is 10.2. The lowest BCUT2D eigenvalue weighted by Crippen LogP contribution is -2.47. The van der Waals surface area contributed by atoms with Crippen molar-refractivity contribution in [1.29, 1.82) is 0 Å². The summed E-state index contributed by atoms with van der Waals surface area (Å²) in [7, 11) is 0. The van der Waals surface area contributed by atoms with E-state index in [9.17, 15) is 0 Å². The zero-order valence-corrected chi connectivity index (χ0v) is 12.3. The summed E-state index contributed by atoms with van der Waals surface area (Å²) >= 11 is 0. The first-order chi connectivity index (χ1) is 10.4. The number of hydrazine groups is 1. The van der Waals surface area contributed by atoms with Crippen LogP contribution in [0.2, 0.25) is 0 Å².